The highest BCUT2D eigenvalue weighted by atomic mass is 19.1. The van der Waals surface area contributed by atoms with Crippen molar-refractivity contribution in [3.05, 3.63) is 23.6 Å². The summed E-state index contributed by atoms with van der Waals surface area (Å²) in [5.41, 5.74) is -0.181. The number of carboxylic acids is 1. The van der Waals surface area contributed by atoms with Gasteiger partial charge >= 0.3 is 5.97 Å². The summed E-state index contributed by atoms with van der Waals surface area (Å²) in [6.45, 7) is 2.36. The first-order valence-electron chi connectivity index (χ1n) is 5.22. The fourth-order valence-electron chi connectivity index (χ4n) is 1.37. The smallest absolute Gasteiger partial charge is 0.339 e. The average molecular weight is 242 g/mol. The third-order valence-corrected chi connectivity index (χ3v) is 2.29. The highest BCUT2D eigenvalue weighted by Crippen LogP contribution is 2.15. The van der Waals surface area contributed by atoms with E-state index < -0.39 is 11.8 Å². The Balaban J connectivity index is 2.92. The van der Waals surface area contributed by atoms with Gasteiger partial charge in [-0.25, -0.2) is 14.2 Å². The summed E-state index contributed by atoms with van der Waals surface area (Å²) in [5.74, 6) is -1.73. The van der Waals surface area contributed by atoms with Crippen LogP contribution in [0, 0.1) is 5.82 Å². The Bertz CT molecular complexity index is 398. The van der Waals surface area contributed by atoms with E-state index in [1.165, 1.54) is 0 Å². The molecule has 0 radical (unpaired) electrons. The van der Waals surface area contributed by atoms with Crippen LogP contribution in [0.15, 0.2) is 12.3 Å². The second-order valence-electron chi connectivity index (χ2n) is 3.56. The predicted molar refractivity (Wildman–Crippen MR) is 60.7 cm³/mol. The van der Waals surface area contributed by atoms with Crippen LogP contribution in [0.2, 0.25) is 0 Å². The summed E-state index contributed by atoms with van der Waals surface area (Å²) >= 11 is 0. The van der Waals surface area contributed by atoms with Gasteiger partial charge in [-0.05, 0) is 12.5 Å². The number of nitrogens with one attached hydrogen (secondary N) is 1. The summed E-state index contributed by atoms with van der Waals surface area (Å²) in [6, 6.07) is 0.882. The third-order valence-electron chi connectivity index (χ3n) is 2.29. The normalized spacial score (nSPS) is 12.2. The minimum atomic E-state index is -1.22. The molecule has 1 aromatic heterocycles. The molecule has 1 unspecified atom stereocenters. The molecule has 6 heteroatoms. The molecule has 0 aliphatic rings. The molecule has 0 bridgehead atoms. The Morgan fingerprint density at radius 1 is 1.71 bits per heavy atom. The van der Waals surface area contributed by atoms with E-state index in [-0.39, 0.29) is 17.4 Å². The first kappa shape index (κ1) is 13.4. The number of aromatic carboxylic acids is 1. The molecule has 5 nitrogen and oxygen atoms in total. The first-order chi connectivity index (χ1) is 8.08. The molecule has 0 saturated carbocycles. The quantitative estimate of drug-likeness (QED) is 0.795. The van der Waals surface area contributed by atoms with Gasteiger partial charge in [0.15, 0.2) is 0 Å². The van der Waals surface area contributed by atoms with Gasteiger partial charge in [0, 0.05) is 7.11 Å². The number of nitrogens with zero attached hydrogens (tertiary/aromatic N) is 1. The van der Waals surface area contributed by atoms with E-state index in [0.717, 1.165) is 18.7 Å². The first-order valence-corrected chi connectivity index (χ1v) is 5.22. The highest BCUT2D eigenvalue weighted by molar-refractivity contribution is 5.93. The van der Waals surface area contributed by atoms with Crippen molar-refractivity contribution in [2.75, 3.05) is 19.0 Å². The molecule has 94 valence electrons. The monoisotopic (exact) mass is 242 g/mol. The Kier molecular flexibility index (Phi) is 4.84. The summed E-state index contributed by atoms with van der Waals surface area (Å²) in [5, 5.41) is 11.9. The number of ether oxygens (including phenoxy) is 1. The Morgan fingerprint density at radius 3 is 2.94 bits per heavy atom. The van der Waals surface area contributed by atoms with Crippen LogP contribution < -0.4 is 5.32 Å². The number of carboxylic acid groups (broad SMARTS) is 1. The van der Waals surface area contributed by atoms with E-state index in [0.29, 0.717) is 6.61 Å². The van der Waals surface area contributed by atoms with Gasteiger partial charge in [0.1, 0.15) is 17.2 Å². The summed E-state index contributed by atoms with van der Waals surface area (Å²) < 4.78 is 17.9. The Labute approximate surface area is 98.6 Å². The topological polar surface area (TPSA) is 71.5 Å². The van der Waals surface area contributed by atoms with Crippen molar-refractivity contribution in [1.29, 1.82) is 0 Å². The number of methoxy groups -OCH3 is 1. The van der Waals surface area contributed by atoms with Gasteiger partial charge in [-0.3, -0.25) is 0 Å². The van der Waals surface area contributed by atoms with E-state index in [4.69, 9.17) is 9.84 Å². The lowest BCUT2D eigenvalue weighted by molar-refractivity contribution is 0.0696. The van der Waals surface area contributed by atoms with E-state index in [9.17, 15) is 9.18 Å². The van der Waals surface area contributed by atoms with E-state index in [1.807, 2.05) is 6.92 Å². The minimum absolute atomic E-state index is 0.0592. The maximum absolute atomic E-state index is 12.9. The lowest BCUT2D eigenvalue weighted by Gasteiger charge is -2.17. The zero-order valence-corrected chi connectivity index (χ0v) is 9.74. The van der Waals surface area contributed by atoms with Crippen LogP contribution in [-0.4, -0.2) is 35.8 Å². The fraction of sp³-hybridized carbons (Fsp3) is 0.455. The summed E-state index contributed by atoms with van der Waals surface area (Å²) in [4.78, 5) is 14.7. The van der Waals surface area contributed by atoms with Crippen LogP contribution >= 0.6 is 0 Å². The molecule has 1 atom stereocenters. The molecule has 0 fully saturated rings. The van der Waals surface area contributed by atoms with Crippen molar-refractivity contribution < 1.29 is 19.0 Å². The van der Waals surface area contributed by atoms with Crippen molar-refractivity contribution in [3.8, 4) is 0 Å². The minimum Gasteiger partial charge on any atom is -0.478 e. The van der Waals surface area contributed by atoms with Crippen LogP contribution in [0.5, 0.6) is 0 Å². The van der Waals surface area contributed by atoms with Gasteiger partial charge < -0.3 is 15.2 Å². The van der Waals surface area contributed by atoms with Crippen LogP contribution in [0.1, 0.15) is 23.7 Å². The van der Waals surface area contributed by atoms with Gasteiger partial charge in [0.2, 0.25) is 0 Å². The Hall–Kier alpha value is -1.69. The molecule has 0 spiro atoms. The van der Waals surface area contributed by atoms with Gasteiger partial charge in [0.25, 0.3) is 0 Å². The van der Waals surface area contributed by atoms with Crippen LogP contribution in [-0.2, 0) is 4.74 Å². The second kappa shape index (κ2) is 6.15. The van der Waals surface area contributed by atoms with Gasteiger partial charge in [-0.1, -0.05) is 6.92 Å². The number of pyridine rings is 1. The maximum atomic E-state index is 12.9. The summed E-state index contributed by atoms with van der Waals surface area (Å²) in [6.07, 6.45) is 1.72. The standard InChI is InChI=1S/C11H15FN2O3/c1-3-8(6-17-2)14-10-9(11(15)16)4-7(12)5-13-10/h4-5,8H,3,6H2,1-2H3,(H,13,14)(H,15,16). The number of rotatable bonds is 6. The zero-order chi connectivity index (χ0) is 12.8. The molecule has 0 aromatic carbocycles. The van der Waals surface area contributed by atoms with Crippen molar-refractivity contribution in [3.63, 3.8) is 0 Å². The van der Waals surface area contributed by atoms with E-state index in [1.54, 1.807) is 7.11 Å². The Morgan fingerprint density at radius 2 is 2.41 bits per heavy atom. The lowest BCUT2D eigenvalue weighted by Crippen LogP contribution is -2.25. The second-order valence-corrected chi connectivity index (χ2v) is 3.56. The zero-order valence-electron chi connectivity index (χ0n) is 9.74. The van der Waals surface area contributed by atoms with Gasteiger partial charge in [-0.2, -0.15) is 0 Å². The van der Waals surface area contributed by atoms with Crippen molar-refractivity contribution >= 4 is 11.8 Å². The molecular formula is C11H15FN2O3. The number of aromatic nitrogens is 1. The van der Waals surface area contributed by atoms with Crippen LogP contribution in [0.25, 0.3) is 0 Å². The molecule has 2 N–H and O–H groups in total. The SMILES string of the molecule is CCC(COC)Nc1ncc(F)cc1C(=O)O. The lowest BCUT2D eigenvalue weighted by atomic mass is 10.2. The van der Waals surface area contributed by atoms with Crippen molar-refractivity contribution in [1.82, 2.24) is 4.98 Å². The third kappa shape index (κ3) is 3.67. The number of halogens is 1. The number of carbonyl (C=O) groups is 1. The maximum Gasteiger partial charge on any atom is 0.339 e. The molecule has 0 aliphatic carbocycles. The molecule has 0 aliphatic heterocycles. The number of hydrogen-bond donors (Lipinski definition) is 2. The van der Waals surface area contributed by atoms with E-state index >= 15 is 0 Å². The van der Waals surface area contributed by atoms with Gasteiger partial charge in [-0.15, -0.1) is 0 Å². The molecular weight excluding hydrogens is 227 g/mol. The van der Waals surface area contributed by atoms with Crippen molar-refractivity contribution in [2.24, 2.45) is 0 Å². The molecule has 1 rings (SSSR count). The highest BCUT2D eigenvalue weighted by Gasteiger charge is 2.15. The average Bonchev–Trinajstić information content (AvgIpc) is 2.30. The number of hydrogen-bond acceptors (Lipinski definition) is 4. The number of anilines is 1. The molecule has 1 heterocycles. The molecule has 17 heavy (non-hydrogen) atoms. The van der Waals surface area contributed by atoms with Gasteiger partial charge in [0.05, 0.1) is 18.8 Å². The molecule has 1 aromatic rings. The molecule has 0 saturated heterocycles. The summed E-state index contributed by atoms with van der Waals surface area (Å²) in [7, 11) is 1.56. The van der Waals surface area contributed by atoms with Crippen molar-refractivity contribution in [2.45, 2.75) is 19.4 Å². The van der Waals surface area contributed by atoms with Crippen LogP contribution in [0.3, 0.4) is 0 Å². The van der Waals surface area contributed by atoms with E-state index in [2.05, 4.69) is 10.3 Å². The fourth-order valence-corrected chi connectivity index (χ4v) is 1.37. The largest absolute Gasteiger partial charge is 0.478 e. The predicted octanol–water partition coefficient (Wildman–Crippen LogP) is 1.76. The molecule has 0 amide bonds. The van der Waals surface area contributed by atoms with Crippen LogP contribution in [0.4, 0.5) is 10.2 Å².